The summed E-state index contributed by atoms with van der Waals surface area (Å²) in [6.45, 7) is 7.47. The topological polar surface area (TPSA) is 76.7 Å². The zero-order chi connectivity index (χ0) is 20.6. The molecule has 5 nitrogen and oxygen atoms in total. The van der Waals surface area contributed by atoms with Gasteiger partial charge in [-0.1, -0.05) is 56.6 Å². The molecule has 1 N–H and O–H groups in total. The zero-order valence-electron chi connectivity index (χ0n) is 16.1. The van der Waals surface area contributed by atoms with E-state index in [2.05, 4.69) is 20.8 Å². The van der Waals surface area contributed by atoms with Crippen LogP contribution in [0.2, 0.25) is 5.02 Å². The molecule has 0 saturated carbocycles. The molecule has 1 aromatic heterocycles. The number of benzene rings is 2. The third-order valence-corrected chi connectivity index (χ3v) is 4.89. The summed E-state index contributed by atoms with van der Waals surface area (Å²) < 4.78 is 11.3. The molecule has 0 fully saturated rings. The maximum Gasteiger partial charge on any atom is 0.341 e. The average molecular weight is 401 g/mol. The molecule has 0 aliphatic heterocycles. The van der Waals surface area contributed by atoms with Gasteiger partial charge in [0.25, 0.3) is 0 Å². The highest BCUT2D eigenvalue weighted by Gasteiger charge is 2.20. The standard InChI is InChI=1S/C22H21ClO5/c1-12-9-17-15(10-16(12)23)19(26)21(27-11-18(24)25)20(28-17)13-5-7-14(8-6-13)22(2,3)4/h5-10H,11H2,1-4H3,(H,24,25). The highest BCUT2D eigenvalue weighted by Crippen LogP contribution is 2.34. The van der Waals surface area contributed by atoms with Crippen LogP contribution in [-0.2, 0) is 10.2 Å². The van der Waals surface area contributed by atoms with Crippen LogP contribution in [0.25, 0.3) is 22.3 Å². The summed E-state index contributed by atoms with van der Waals surface area (Å²) in [4.78, 5) is 24.0. The largest absolute Gasteiger partial charge is 0.479 e. The van der Waals surface area contributed by atoms with E-state index >= 15 is 0 Å². The number of carbonyl (C=O) groups is 1. The SMILES string of the molecule is Cc1cc2oc(-c3ccc(C(C)(C)C)cc3)c(OCC(=O)O)c(=O)c2cc1Cl. The van der Waals surface area contributed by atoms with Crippen molar-refractivity contribution in [3.05, 3.63) is 62.8 Å². The summed E-state index contributed by atoms with van der Waals surface area (Å²) in [5.74, 6) is -1.13. The van der Waals surface area contributed by atoms with Gasteiger partial charge < -0.3 is 14.3 Å². The summed E-state index contributed by atoms with van der Waals surface area (Å²) in [6, 6.07) is 10.8. The fourth-order valence-electron chi connectivity index (χ4n) is 2.88. The minimum atomic E-state index is -1.18. The van der Waals surface area contributed by atoms with E-state index in [4.69, 9.17) is 25.9 Å². The highest BCUT2D eigenvalue weighted by atomic mass is 35.5. The Labute approximate surface area is 167 Å². The number of hydrogen-bond donors (Lipinski definition) is 1. The lowest BCUT2D eigenvalue weighted by atomic mass is 9.86. The van der Waals surface area contributed by atoms with Crippen molar-refractivity contribution in [3.8, 4) is 17.1 Å². The van der Waals surface area contributed by atoms with Crippen LogP contribution in [0.4, 0.5) is 0 Å². The molecule has 2 aromatic carbocycles. The Morgan fingerprint density at radius 2 is 1.82 bits per heavy atom. The van der Waals surface area contributed by atoms with Gasteiger partial charge in [-0.2, -0.15) is 0 Å². The van der Waals surface area contributed by atoms with Gasteiger partial charge in [-0.05, 0) is 35.6 Å². The van der Waals surface area contributed by atoms with Crippen molar-refractivity contribution in [3.63, 3.8) is 0 Å². The van der Waals surface area contributed by atoms with E-state index in [1.807, 2.05) is 31.2 Å². The van der Waals surface area contributed by atoms with E-state index in [9.17, 15) is 9.59 Å². The van der Waals surface area contributed by atoms with Crippen LogP contribution in [0.3, 0.4) is 0 Å². The minimum absolute atomic E-state index is 0.0285. The maximum absolute atomic E-state index is 13.0. The Morgan fingerprint density at radius 1 is 1.18 bits per heavy atom. The molecule has 0 amide bonds. The average Bonchev–Trinajstić information content (AvgIpc) is 2.62. The van der Waals surface area contributed by atoms with Crippen molar-refractivity contribution >= 4 is 28.5 Å². The van der Waals surface area contributed by atoms with Gasteiger partial charge in [-0.15, -0.1) is 0 Å². The summed E-state index contributed by atoms with van der Waals surface area (Å²) in [6.07, 6.45) is 0. The van der Waals surface area contributed by atoms with E-state index in [0.29, 0.717) is 16.2 Å². The number of ether oxygens (including phenoxy) is 1. The Kier molecular flexibility index (Phi) is 5.22. The molecule has 0 aliphatic rings. The van der Waals surface area contributed by atoms with Gasteiger partial charge >= 0.3 is 5.97 Å². The van der Waals surface area contributed by atoms with Crippen molar-refractivity contribution in [2.45, 2.75) is 33.1 Å². The third-order valence-electron chi connectivity index (χ3n) is 4.48. The van der Waals surface area contributed by atoms with E-state index in [1.165, 1.54) is 6.07 Å². The predicted octanol–water partition coefficient (Wildman–Crippen LogP) is 5.18. The lowest BCUT2D eigenvalue weighted by Crippen LogP contribution is -2.16. The fraction of sp³-hybridized carbons (Fsp3) is 0.273. The Hall–Kier alpha value is -2.79. The summed E-state index contributed by atoms with van der Waals surface area (Å²) in [5, 5.41) is 9.63. The summed E-state index contributed by atoms with van der Waals surface area (Å²) in [7, 11) is 0. The van der Waals surface area contributed by atoms with Crippen LogP contribution in [-0.4, -0.2) is 17.7 Å². The molecule has 1 heterocycles. The van der Waals surface area contributed by atoms with Crippen LogP contribution in [0, 0.1) is 6.92 Å². The molecule has 3 aromatic rings. The predicted molar refractivity (Wildman–Crippen MR) is 109 cm³/mol. The molecular weight excluding hydrogens is 380 g/mol. The Bertz CT molecular complexity index is 1100. The first-order valence-electron chi connectivity index (χ1n) is 8.80. The molecule has 0 saturated heterocycles. The lowest BCUT2D eigenvalue weighted by molar-refractivity contribution is -0.139. The first-order valence-corrected chi connectivity index (χ1v) is 9.18. The second-order valence-electron chi connectivity index (χ2n) is 7.70. The second kappa shape index (κ2) is 7.32. The number of hydrogen-bond acceptors (Lipinski definition) is 4. The molecule has 0 aliphatic carbocycles. The molecule has 0 unspecified atom stereocenters. The van der Waals surface area contributed by atoms with E-state index < -0.39 is 18.0 Å². The Morgan fingerprint density at radius 3 is 2.39 bits per heavy atom. The lowest BCUT2D eigenvalue weighted by Gasteiger charge is -2.19. The maximum atomic E-state index is 13.0. The number of halogens is 1. The zero-order valence-corrected chi connectivity index (χ0v) is 16.9. The van der Waals surface area contributed by atoms with Crippen molar-refractivity contribution in [1.82, 2.24) is 0 Å². The Balaban J connectivity index is 2.24. The summed E-state index contributed by atoms with van der Waals surface area (Å²) >= 11 is 6.14. The van der Waals surface area contributed by atoms with Gasteiger partial charge in [0.1, 0.15) is 5.58 Å². The normalized spacial score (nSPS) is 11.6. The number of rotatable bonds is 4. The fourth-order valence-corrected chi connectivity index (χ4v) is 3.04. The molecule has 0 bridgehead atoms. The van der Waals surface area contributed by atoms with Crippen molar-refractivity contribution in [2.24, 2.45) is 0 Å². The number of aliphatic carboxylic acids is 1. The minimum Gasteiger partial charge on any atom is -0.479 e. The molecule has 0 spiro atoms. The van der Waals surface area contributed by atoms with E-state index in [0.717, 1.165) is 11.1 Å². The van der Waals surface area contributed by atoms with Gasteiger partial charge in [0.15, 0.2) is 12.4 Å². The van der Waals surface area contributed by atoms with Crippen molar-refractivity contribution < 1.29 is 19.1 Å². The first-order chi connectivity index (χ1) is 13.1. The number of aryl methyl sites for hydroxylation is 1. The molecular formula is C22H21ClO5. The monoisotopic (exact) mass is 400 g/mol. The second-order valence-corrected chi connectivity index (χ2v) is 8.10. The molecule has 3 rings (SSSR count). The molecule has 6 heteroatoms. The van der Waals surface area contributed by atoms with Crippen molar-refractivity contribution in [1.29, 1.82) is 0 Å². The van der Waals surface area contributed by atoms with E-state index in [1.54, 1.807) is 6.07 Å². The van der Waals surface area contributed by atoms with Gasteiger partial charge in [0.2, 0.25) is 11.2 Å². The molecule has 146 valence electrons. The van der Waals surface area contributed by atoms with Crippen LogP contribution in [0.5, 0.6) is 5.75 Å². The first kappa shape index (κ1) is 20.0. The molecule has 0 radical (unpaired) electrons. The number of carboxylic acids is 1. The quantitative estimate of drug-likeness (QED) is 0.652. The van der Waals surface area contributed by atoms with Crippen LogP contribution < -0.4 is 10.2 Å². The smallest absolute Gasteiger partial charge is 0.341 e. The van der Waals surface area contributed by atoms with Crippen LogP contribution in [0.1, 0.15) is 31.9 Å². The summed E-state index contributed by atoms with van der Waals surface area (Å²) in [5.41, 5.74) is 2.39. The van der Waals surface area contributed by atoms with E-state index in [-0.39, 0.29) is 22.3 Å². The van der Waals surface area contributed by atoms with Crippen LogP contribution in [0.15, 0.2) is 45.6 Å². The van der Waals surface area contributed by atoms with Gasteiger partial charge in [0.05, 0.1) is 5.39 Å². The van der Waals surface area contributed by atoms with Gasteiger partial charge in [0, 0.05) is 10.6 Å². The van der Waals surface area contributed by atoms with Gasteiger partial charge in [-0.3, -0.25) is 4.79 Å². The van der Waals surface area contributed by atoms with Crippen LogP contribution >= 0.6 is 11.6 Å². The van der Waals surface area contributed by atoms with Crippen molar-refractivity contribution in [2.75, 3.05) is 6.61 Å². The third kappa shape index (κ3) is 3.90. The number of fused-ring (bicyclic) bond motifs is 1. The molecule has 28 heavy (non-hydrogen) atoms. The number of carboxylic acid groups (broad SMARTS) is 1. The van der Waals surface area contributed by atoms with Gasteiger partial charge in [-0.25, -0.2) is 4.79 Å². The highest BCUT2D eigenvalue weighted by molar-refractivity contribution is 6.32. The molecule has 0 atom stereocenters.